The van der Waals surface area contributed by atoms with E-state index in [1.807, 2.05) is 0 Å². The third-order valence-corrected chi connectivity index (χ3v) is 10.1. The van der Waals surface area contributed by atoms with Crippen LogP contribution in [0.4, 0.5) is 0 Å². The van der Waals surface area contributed by atoms with Gasteiger partial charge in [0.1, 0.15) is 0 Å². The first-order chi connectivity index (χ1) is 20.3. The Hall–Kier alpha value is -2.35. The number of rotatable bonds is 17. The molecule has 1 saturated carbocycles. The molecule has 0 heterocycles. The summed E-state index contributed by atoms with van der Waals surface area (Å²) in [7, 11) is 0. The van der Waals surface area contributed by atoms with E-state index in [1.165, 1.54) is 63.4 Å². The lowest BCUT2D eigenvalue weighted by molar-refractivity contribution is -0.122. The van der Waals surface area contributed by atoms with Crippen LogP contribution < -0.4 is 5.32 Å². The van der Waals surface area contributed by atoms with E-state index in [1.54, 1.807) is 11.1 Å². The number of hydrogen-bond donors (Lipinski definition) is 1. The van der Waals surface area contributed by atoms with E-state index in [0.29, 0.717) is 18.3 Å². The molecule has 2 heteroatoms. The number of amides is 1. The summed E-state index contributed by atoms with van der Waals surface area (Å²) >= 11 is 0. The maximum atomic E-state index is 12.8. The maximum Gasteiger partial charge on any atom is 0.220 e. The number of nitrogens with one attached hydrogen (secondary N) is 1. The summed E-state index contributed by atoms with van der Waals surface area (Å²) in [5, 5.41) is 3.36. The molecule has 0 radical (unpaired) electrons. The molecule has 0 aromatic heterocycles. The second-order valence-electron chi connectivity index (χ2n) is 13.8. The number of aryl methyl sites for hydroxylation is 1. The average molecular weight is 572 g/mol. The number of benzene rings is 1. The smallest absolute Gasteiger partial charge is 0.220 e. The molecule has 232 valence electrons. The van der Waals surface area contributed by atoms with Gasteiger partial charge in [-0.3, -0.25) is 4.79 Å². The zero-order chi connectivity index (χ0) is 30.3. The second-order valence-corrected chi connectivity index (χ2v) is 13.8. The molecule has 2 aliphatic rings. The van der Waals surface area contributed by atoms with Crippen molar-refractivity contribution in [3.63, 3.8) is 0 Å². The fourth-order valence-electron chi connectivity index (χ4n) is 7.54. The molecule has 1 unspecified atom stereocenters. The number of hydrogen-bond acceptors (Lipinski definition) is 1. The van der Waals surface area contributed by atoms with Crippen LogP contribution in [0.25, 0.3) is 0 Å². The van der Waals surface area contributed by atoms with E-state index in [9.17, 15) is 4.79 Å². The van der Waals surface area contributed by atoms with Gasteiger partial charge in [0.15, 0.2) is 0 Å². The van der Waals surface area contributed by atoms with Crippen LogP contribution in [-0.4, -0.2) is 12.5 Å². The Bertz CT molecular complexity index is 1080. The number of fused-ring (bicyclic) bond motifs is 3. The van der Waals surface area contributed by atoms with Gasteiger partial charge in [-0.25, -0.2) is 0 Å². The minimum Gasteiger partial charge on any atom is -0.356 e. The molecule has 3 rings (SSSR count). The van der Waals surface area contributed by atoms with Gasteiger partial charge in [0.25, 0.3) is 0 Å². The van der Waals surface area contributed by atoms with Crippen molar-refractivity contribution in [1.29, 1.82) is 0 Å². The van der Waals surface area contributed by atoms with Crippen molar-refractivity contribution >= 4 is 5.91 Å². The van der Waals surface area contributed by atoms with Crippen molar-refractivity contribution in [1.82, 2.24) is 5.32 Å². The predicted octanol–water partition coefficient (Wildman–Crippen LogP) is 11.1. The zero-order valence-electron chi connectivity index (χ0n) is 27.7. The average Bonchev–Trinajstić information content (AvgIpc) is 2.97. The lowest BCUT2D eigenvalue weighted by Crippen LogP contribution is -2.53. The summed E-state index contributed by atoms with van der Waals surface area (Å²) < 4.78 is 0. The Morgan fingerprint density at radius 3 is 2.19 bits per heavy atom. The maximum absolute atomic E-state index is 12.8. The molecule has 1 aromatic rings. The van der Waals surface area contributed by atoms with Crippen molar-refractivity contribution < 1.29 is 4.79 Å². The standard InChI is InChI=1S/C40H61NO/c1-6-7-8-9-10-11-12-13-14-15-16-17-18-19-20-21-22-24-38(42)41-32-39(4)29-23-30-40(5)36-27-25-34(33(2)3)31-35(36)26-28-37(39)40/h10-11,13-14,16-17,19-20,25,27,31,33,37H,6-9,12,15,18,21-24,26,28-30,32H2,1-5H3,(H,41,42)/b11-10-,14-13-,17-16-,20-19-/t37-,39?,40+/m0/s1. The summed E-state index contributed by atoms with van der Waals surface area (Å²) in [5.74, 6) is 1.42. The van der Waals surface area contributed by atoms with Gasteiger partial charge >= 0.3 is 0 Å². The van der Waals surface area contributed by atoms with Crippen LogP contribution in [-0.2, 0) is 16.6 Å². The largest absolute Gasteiger partial charge is 0.356 e. The van der Waals surface area contributed by atoms with Crippen molar-refractivity contribution in [2.24, 2.45) is 11.3 Å². The summed E-state index contributed by atoms with van der Waals surface area (Å²) in [6, 6.07) is 7.29. The van der Waals surface area contributed by atoms with Gasteiger partial charge in [0.05, 0.1) is 0 Å². The third-order valence-electron chi connectivity index (χ3n) is 10.1. The van der Waals surface area contributed by atoms with Crippen molar-refractivity contribution in [2.45, 2.75) is 142 Å². The first kappa shape index (κ1) is 34.1. The fraction of sp³-hybridized carbons (Fsp3) is 0.625. The van der Waals surface area contributed by atoms with Gasteiger partial charge in [0.2, 0.25) is 5.91 Å². The molecule has 1 fully saturated rings. The minimum absolute atomic E-state index is 0.170. The van der Waals surface area contributed by atoms with Crippen molar-refractivity contribution in [3.05, 3.63) is 83.5 Å². The molecule has 42 heavy (non-hydrogen) atoms. The van der Waals surface area contributed by atoms with Gasteiger partial charge in [-0.2, -0.15) is 0 Å². The van der Waals surface area contributed by atoms with Crippen LogP contribution in [0.15, 0.2) is 66.8 Å². The first-order valence-electron chi connectivity index (χ1n) is 17.3. The Kier molecular flexibility index (Phi) is 14.4. The molecule has 0 spiro atoms. The molecular weight excluding hydrogens is 510 g/mol. The second kappa shape index (κ2) is 17.7. The molecular formula is C40H61NO. The Labute approximate surface area is 259 Å². The SMILES string of the molecule is CCCCC/C=C\C/C=C\C/C=C\C/C=C\CCCC(=O)NCC1(C)CCC[C@]2(C)c3ccc(C(C)C)cc3CC[C@@H]12. The lowest BCUT2D eigenvalue weighted by atomic mass is 9.49. The molecule has 1 N–H and O–H groups in total. The fourth-order valence-corrected chi connectivity index (χ4v) is 7.54. The Morgan fingerprint density at radius 1 is 0.905 bits per heavy atom. The van der Waals surface area contributed by atoms with Crippen molar-refractivity contribution in [3.8, 4) is 0 Å². The molecule has 1 amide bonds. The van der Waals surface area contributed by atoms with Crippen LogP contribution in [0.2, 0.25) is 0 Å². The predicted molar refractivity (Wildman–Crippen MR) is 183 cm³/mol. The number of carbonyl (C=O) groups is 1. The Morgan fingerprint density at radius 2 is 1.55 bits per heavy atom. The van der Waals surface area contributed by atoms with E-state index in [0.717, 1.165) is 38.6 Å². The van der Waals surface area contributed by atoms with Crippen molar-refractivity contribution in [2.75, 3.05) is 6.54 Å². The highest BCUT2D eigenvalue weighted by Gasteiger charge is 2.51. The Balaban J connectivity index is 1.32. The molecule has 0 aliphatic heterocycles. The van der Waals surface area contributed by atoms with Gasteiger partial charge in [0, 0.05) is 13.0 Å². The topological polar surface area (TPSA) is 29.1 Å². The van der Waals surface area contributed by atoms with Crippen LogP contribution in [0, 0.1) is 11.3 Å². The minimum atomic E-state index is 0.170. The molecule has 1 aromatic carbocycles. The highest BCUT2D eigenvalue weighted by Crippen LogP contribution is 2.57. The van der Waals surface area contributed by atoms with E-state index >= 15 is 0 Å². The normalized spacial score (nSPS) is 24.3. The monoisotopic (exact) mass is 571 g/mol. The molecule has 2 nitrogen and oxygen atoms in total. The molecule has 0 saturated heterocycles. The molecule has 3 atom stereocenters. The van der Waals surface area contributed by atoms with Gasteiger partial charge in [-0.05, 0) is 110 Å². The van der Waals surface area contributed by atoms with Gasteiger partial charge in [-0.1, -0.05) is 121 Å². The summed E-state index contributed by atoms with van der Waals surface area (Å²) in [4.78, 5) is 12.8. The van der Waals surface area contributed by atoms with E-state index in [-0.39, 0.29) is 16.7 Å². The zero-order valence-corrected chi connectivity index (χ0v) is 27.7. The molecule has 2 aliphatic carbocycles. The lowest BCUT2D eigenvalue weighted by Gasteiger charge is -2.55. The van der Waals surface area contributed by atoms with Crippen LogP contribution in [0.1, 0.15) is 147 Å². The highest BCUT2D eigenvalue weighted by atomic mass is 16.1. The van der Waals surface area contributed by atoms with E-state index < -0.39 is 0 Å². The van der Waals surface area contributed by atoms with Crippen LogP contribution in [0.3, 0.4) is 0 Å². The number of carbonyl (C=O) groups excluding carboxylic acids is 1. The number of unbranched alkanes of at least 4 members (excludes halogenated alkanes) is 4. The van der Waals surface area contributed by atoms with E-state index in [2.05, 4.69) is 107 Å². The van der Waals surface area contributed by atoms with Crippen LogP contribution in [0.5, 0.6) is 0 Å². The van der Waals surface area contributed by atoms with E-state index in [4.69, 9.17) is 0 Å². The quantitative estimate of drug-likeness (QED) is 0.146. The van der Waals surface area contributed by atoms with Gasteiger partial charge < -0.3 is 5.32 Å². The third kappa shape index (κ3) is 10.1. The van der Waals surface area contributed by atoms with Gasteiger partial charge in [-0.15, -0.1) is 0 Å². The van der Waals surface area contributed by atoms with Crippen LogP contribution >= 0.6 is 0 Å². The molecule has 0 bridgehead atoms. The summed E-state index contributed by atoms with van der Waals surface area (Å²) in [5.41, 5.74) is 5.02. The highest BCUT2D eigenvalue weighted by molar-refractivity contribution is 5.75. The summed E-state index contributed by atoms with van der Waals surface area (Å²) in [6.45, 7) is 12.6. The first-order valence-corrected chi connectivity index (χ1v) is 17.3. The summed E-state index contributed by atoms with van der Waals surface area (Å²) in [6.07, 6.45) is 34.9. The number of allylic oxidation sites excluding steroid dienone is 8.